The first-order valence-corrected chi connectivity index (χ1v) is 9.55. The minimum Gasteiger partial charge on any atom is -0.394 e. The van der Waals surface area contributed by atoms with Crippen LogP contribution in [0, 0.1) is 0 Å². The van der Waals surface area contributed by atoms with Crippen molar-refractivity contribution < 1.29 is 24.8 Å². The highest BCUT2D eigenvalue weighted by Gasteiger charge is 2.40. The lowest BCUT2D eigenvalue weighted by atomic mass is 10.1. The molecule has 0 aromatic heterocycles. The molecule has 0 aromatic rings. The molecule has 0 spiro atoms. The Morgan fingerprint density at radius 2 is 1.71 bits per heavy atom. The highest BCUT2D eigenvalue weighted by molar-refractivity contribution is 4.89. The van der Waals surface area contributed by atoms with Crippen molar-refractivity contribution in [2.45, 2.75) is 89.1 Å². The number of aliphatic hydroxyl groups excluding tert-OH is 3. The summed E-state index contributed by atoms with van der Waals surface area (Å²) in [6.45, 7) is 2.47. The molecule has 4 atom stereocenters. The standard InChI is InChI=1S/C19H36O5/c1-2-3-4-5-6-7-8-9-10-11-12-13-23-17(14-20)19-18(22)16(21)15-24-19/h11-12,16-22H,2-10,13-15H2,1H3/b12-11+/t16-,17+,18-,19-/m1/s1. The summed E-state index contributed by atoms with van der Waals surface area (Å²) in [6.07, 6.45) is 12.5. The number of aliphatic hydroxyl groups is 3. The first kappa shape index (κ1) is 21.6. The van der Waals surface area contributed by atoms with Gasteiger partial charge in [-0.2, -0.15) is 0 Å². The molecule has 0 aliphatic carbocycles. The van der Waals surface area contributed by atoms with E-state index >= 15 is 0 Å². The lowest BCUT2D eigenvalue weighted by Gasteiger charge is -2.23. The van der Waals surface area contributed by atoms with Crippen LogP contribution in [0.4, 0.5) is 0 Å². The Morgan fingerprint density at radius 3 is 2.29 bits per heavy atom. The molecule has 1 fully saturated rings. The summed E-state index contributed by atoms with van der Waals surface area (Å²) in [7, 11) is 0. The first-order valence-electron chi connectivity index (χ1n) is 9.55. The van der Waals surface area contributed by atoms with Gasteiger partial charge >= 0.3 is 0 Å². The molecule has 1 rings (SSSR count). The maximum Gasteiger partial charge on any atom is 0.114 e. The summed E-state index contributed by atoms with van der Waals surface area (Å²) in [6, 6.07) is 0. The second-order valence-corrected chi connectivity index (χ2v) is 6.65. The highest BCUT2D eigenvalue weighted by Crippen LogP contribution is 2.19. The Bertz CT molecular complexity index is 321. The van der Waals surface area contributed by atoms with Crippen LogP contribution in [-0.4, -0.2) is 59.6 Å². The molecular weight excluding hydrogens is 308 g/mol. The van der Waals surface area contributed by atoms with Crippen molar-refractivity contribution >= 4 is 0 Å². The molecule has 24 heavy (non-hydrogen) atoms. The number of hydrogen-bond donors (Lipinski definition) is 3. The predicted octanol–water partition coefficient (Wildman–Crippen LogP) is 2.57. The van der Waals surface area contributed by atoms with E-state index in [1.807, 2.05) is 6.08 Å². The van der Waals surface area contributed by atoms with Gasteiger partial charge in [0, 0.05) is 0 Å². The van der Waals surface area contributed by atoms with E-state index < -0.39 is 24.4 Å². The fourth-order valence-corrected chi connectivity index (χ4v) is 2.97. The summed E-state index contributed by atoms with van der Waals surface area (Å²) in [5.74, 6) is 0. The molecule has 5 heteroatoms. The van der Waals surface area contributed by atoms with Gasteiger partial charge in [0.25, 0.3) is 0 Å². The SMILES string of the molecule is CCCCCCCCCC/C=C/CO[C@@H](CO)[C@H]1OC[C@@H](O)[C@H]1O. The van der Waals surface area contributed by atoms with Gasteiger partial charge in [-0.15, -0.1) is 0 Å². The summed E-state index contributed by atoms with van der Waals surface area (Å²) in [4.78, 5) is 0. The van der Waals surface area contributed by atoms with Crippen molar-refractivity contribution in [2.75, 3.05) is 19.8 Å². The molecule has 1 aliphatic rings. The normalized spacial score (nSPS) is 25.6. The maximum atomic E-state index is 9.77. The van der Waals surface area contributed by atoms with E-state index in [1.54, 1.807) is 0 Å². The zero-order chi connectivity index (χ0) is 17.6. The topological polar surface area (TPSA) is 79.2 Å². The zero-order valence-corrected chi connectivity index (χ0v) is 15.1. The fraction of sp³-hybridized carbons (Fsp3) is 0.895. The third-order valence-electron chi connectivity index (χ3n) is 4.53. The van der Waals surface area contributed by atoms with Gasteiger partial charge in [0.15, 0.2) is 0 Å². The minimum absolute atomic E-state index is 0.0833. The van der Waals surface area contributed by atoms with Gasteiger partial charge in [-0.25, -0.2) is 0 Å². The van der Waals surface area contributed by atoms with Crippen molar-refractivity contribution in [3.63, 3.8) is 0 Å². The molecular formula is C19H36O5. The van der Waals surface area contributed by atoms with Gasteiger partial charge in [-0.3, -0.25) is 0 Å². The molecule has 1 aliphatic heterocycles. The number of ether oxygens (including phenoxy) is 2. The minimum atomic E-state index is -0.997. The molecule has 0 radical (unpaired) electrons. The van der Waals surface area contributed by atoms with E-state index in [-0.39, 0.29) is 13.2 Å². The lowest BCUT2D eigenvalue weighted by molar-refractivity contribution is -0.0942. The van der Waals surface area contributed by atoms with Crippen molar-refractivity contribution in [3.05, 3.63) is 12.2 Å². The van der Waals surface area contributed by atoms with Crippen LogP contribution in [0.25, 0.3) is 0 Å². The zero-order valence-electron chi connectivity index (χ0n) is 15.1. The Morgan fingerprint density at radius 1 is 1.04 bits per heavy atom. The van der Waals surface area contributed by atoms with Crippen LogP contribution < -0.4 is 0 Å². The summed E-state index contributed by atoms with van der Waals surface area (Å²) in [5, 5.41) is 28.6. The molecule has 0 bridgehead atoms. The number of unbranched alkanes of at least 4 members (excludes halogenated alkanes) is 8. The monoisotopic (exact) mass is 344 g/mol. The van der Waals surface area contributed by atoms with Gasteiger partial charge < -0.3 is 24.8 Å². The third-order valence-corrected chi connectivity index (χ3v) is 4.53. The van der Waals surface area contributed by atoms with Crippen LogP contribution in [-0.2, 0) is 9.47 Å². The van der Waals surface area contributed by atoms with E-state index in [4.69, 9.17) is 9.47 Å². The third kappa shape index (κ3) is 8.58. The van der Waals surface area contributed by atoms with Gasteiger partial charge in [0.1, 0.15) is 24.4 Å². The van der Waals surface area contributed by atoms with E-state index in [0.29, 0.717) is 6.61 Å². The Hall–Kier alpha value is -0.460. The largest absolute Gasteiger partial charge is 0.394 e. The Kier molecular flexibility index (Phi) is 12.4. The fourth-order valence-electron chi connectivity index (χ4n) is 2.97. The summed E-state index contributed by atoms with van der Waals surface area (Å²) in [5.41, 5.74) is 0. The number of rotatable bonds is 14. The number of hydrogen-bond acceptors (Lipinski definition) is 5. The van der Waals surface area contributed by atoms with Gasteiger partial charge in [0.05, 0.1) is 19.8 Å². The average Bonchev–Trinajstić information content (AvgIpc) is 2.92. The van der Waals surface area contributed by atoms with Gasteiger partial charge in [-0.05, 0) is 12.8 Å². The second-order valence-electron chi connectivity index (χ2n) is 6.65. The van der Waals surface area contributed by atoms with Crippen molar-refractivity contribution in [1.29, 1.82) is 0 Å². The van der Waals surface area contributed by atoms with Crippen LogP contribution in [0.3, 0.4) is 0 Å². The van der Waals surface area contributed by atoms with Gasteiger partial charge in [0.2, 0.25) is 0 Å². The van der Waals surface area contributed by atoms with Crippen LogP contribution in [0.1, 0.15) is 64.7 Å². The molecule has 0 saturated carbocycles. The molecule has 0 aromatic carbocycles. The summed E-state index contributed by atoms with van der Waals surface area (Å²) >= 11 is 0. The first-order chi connectivity index (χ1) is 11.7. The van der Waals surface area contributed by atoms with E-state index in [0.717, 1.165) is 6.42 Å². The van der Waals surface area contributed by atoms with Gasteiger partial charge in [-0.1, -0.05) is 64.0 Å². The molecule has 3 N–H and O–H groups in total. The predicted molar refractivity (Wildman–Crippen MR) is 94.9 cm³/mol. The second kappa shape index (κ2) is 13.8. The summed E-state index contributed by atoms with van der Waals surface area (Å²) < 4.78 is 10.8. The van der Waals surface area contributed by atoms with Crippen molar-refractivity contribution in [3.8, 4) is 0 Å². The quantitative estimate of drug-likeness (QED) is 0.333. The Labute approximate surface area is 146 Å². The maximum absolute atomic E-state index is 9.77. The Balaban J connectivity index is 2.00. The average molecular weight is 344 g/mol. The van der Waals surface area contributed by atoms with Crippen LogP contribution in [0.15, 0.2) is 12.2 Å². The van der Waals surface area contributed by atoms with Crippen molar-refractivity contribution in [1.82, 2.24) is 0 Å². The molecule has 1 saturated heterocycles. The molecule has 142 valence electrons. The molecule has 5 nitrogen and oxygen atoms in total. The van der Waals surface area contributed by atoms with E-state index in [1.165, 1.54) is 51.4 Å². The molecule has 0 amide bonds. The molecule has 1 heterocycles. The van der Waals surface area contributed by atoms with Crippen molar-refractivity contribution in [2.24, 2.45) is 0 Å². The van der Waals surface area contributed by atoms with Crippen LogP contribution in [0.5, 0.6) is 0 Å². The molecule has 0 unspecified atom stereocenters. The van der Waals surface area contributed by atoms with Crippen LogP contribution in [0.2, 0.25) is 0 Å². The van der Waals surface area contributed by atoms with E-state index in [9.17, 15) is 15.3 Å². The lowest BCUT2D eigenvalue weighted by Crippen LogP contribution is -2.42. The smallest absolute Gasteiger partial charge is 0.114 e. The number of allylic oxidation sites excluding steroid dienone is 1. The highest BCUT2D eigenvalue weighted by atomic mass is 16.6. The van der Waals surface area contributed by atoms with Crippen LogP contribution >= 0.6 is 0 Å². The van der Waals surface area contributed by atoms with E-state index in [2.05, 4.69) is 13.0 Å².